The van der Waals surface area contributed by atoms with Gasteiger partial charge in [0.15, 0.2) is 0 Å². The van der Waals surface area contributed by atoms with Crippen molar-refractivity contribution in [1.29, 1.82) is 0 Å². The summed E-state index contributed by atoms with van der Waals surface area (Å²) in [5.41, 5.74) is -0.973. The SMILES string of the molecule is C[C@@H](Nc1nccc(N2C(=O)OC[C@@H]2[C@@H](C)O)n1)c1ncc(-c2ccc(F)c(C(F)(F)F)c2)cn1. The second kappa shape index (κ2) is 9.41. The predicted molar refractivity (Wildman–Crippen MR) is 116 cm³/mol. The lowest BCUT2D eigenvalue weighted by atomic mass is 10.0. The van der Waals surface area contributed by atoms with Crippen molar-refractivity contribution in [2.75, 3.05) is 16.8 Å². The van der Waals surface area contributed by atoms with Gasteiger partial charge in [-0.1, -0.05) is 6.07 Å². The summed E-state index contributed by atoms with van der Waals surface area (Å²) >= 11 is 0. The third-order valence-corrected chi connectivity index (χ3v) is 5.36. The molecule has 1 saturated heterocycles. The molecule has 1 aromatic carbocycles. The van der Waals surface area contributed by atoms with Gasteiger partial charge in [-0.2, -0.15) is 18.2 Å². The summed E-state index contributed by atoms with van der Waals surface area (Å²) < 4.78 is 57.6. The summed E-state index contributed by atoms with van der Waals surface area (Å²) in [4.78, 5) is 30.1. The number of ether oxygens (including phenoxy) is 1. The van der Waals surface area contributed by atoms with Crippen molar-refractivity contribution in [2.45, 2.75) is 38.2 Å². The lowest BCUT2D eigenvalue weighted by Crippen LogP contribution is -2.41. The summed E-state index contributed by atoms with van der Waals surface area (Å²) in [5, 5.41) is 12.9. The highest BCUT2D eigenvalue weighted by atomic mass is 19.4. The third-order valence-electron chi connectivity index (χ3n) is 5.36. The molecule has 13 heteroatoms. The maximum atomic E-state index is 13.6. The van der Waals surface area contributed by atoms with Crippen LogP contribution in [0.3, 0.4) is 0 Å². The van der Waals surface area contributed by atoms with E-state index in [1.54, 1.807) is 13.8 Å². The van der Waals surface area contributed by atoms with Crippen LogP contribution in [0.25, 0.3) is 11.1 Å². The number of rotatable bonds is 6. The second-order valence-corrected chi connectivity index (χ2v) is 7.88. The first-order valence-corrected chi connectivity index (χ1v) is 10.5. The number of benzene rings is 1. The van der Waals surface area contributed by atoms with E-state index in [1.165, 1.54) is 35.6 Å². The van der Waals surface area contributed by atoms with Crippen LogP contribution in [0.15, 0.2) is 42.9 Å². The van der Waals surface area contributed by atoms with Gasteiger partial charge in [0.25, 0.3) is 0 Å². The van der Waals surface area contributed by atoms with Crippen LogP contribution in [-0.2, 0) is 10.9 Å². The molecule has 1 amide bonds. The molecule has 0 spiro atoms. The molecule has 2 aromatic heterocycles. The number of aliphatic hydroxyl groups is 1. The molecule has 184 valence electrons. The zero-order valence-corrected chi connectivity index (χ0v) is 18.5. The van der Waals surface area contributed by atoms with Crippen LogP contribution in [0, 0.1) is 5.82 Å². The van der Waals surface area contributed by atoms with Gasteiger partial charge in [0.05, 0.1) is 17.7 Å². The van der Waals surface area contributed by atoms with Crippen molar-refractivity contribution in [2.24, 2.45) is 0 Å². The zero-order chi connectivity index (χ0) is 25.3. The molecule has 1 aliphatic rings. The van der Waals surface area contributed by atoms with Crippen molar-refractivity contribution in [3.63, 3.8) is 0 Å². The Morgan fingerprint density at radius 3 is 2.51 bits per heavy atom. The number of carbonyl (C=O) groups excluding carboxylic acids is 1. The molecule has 2 N–H and O–H groups in total. The highest BCUT2D eigenvalue weighted by Gasteiger charge is 2.38. The second-order valence-electron chi connectivity index (χ2n) is 7.88. The Kier molecular flexibility index (Phi) is 6.52. The summed E-state index contributed by atoms with van der Waals surface area (Å²) in [6.07, 6.45) is -2.21. The fourth-order valence-electron chi connectivity index (χ4n) is 3.50. The van der Waals surface area contributed by atoms with Gasteiger partial charge < -0.3 is 15.2 Å². The van der Waals surface area contributed by atoms with Crippen LogP contribution in [0.1, 0.15) is 31.3 Å². The Labute approximate surface area is 196 Å². The Hall–Kier alpha value is -3.87. The van der Waals surface area contributed by atoms with Gasteiger partial charge in [-0.3, -0.25) is 4.90 Å². The van der Waals surface area contributed by atoms with Crippen LogP contribution in [0.2, 0.25) is 0 Å². The maximum absolute atomic E-state index is 13.6. The van der Waals surface area contributed by atoms with Crippen LogP contribution in [0.5, 0.6) is 0 Å². The highest BCUT2D eigenvalue weighted by Crippen LogP contribution is 2.34. The summed E-state index contributed by atoms with van der Waals surface area (Å²) in [6.45, 7) is 3.28. The minimum Gasteiger partial charge on any atom is -0.447 e. The molecule has 3 atom stereocenters. The summed E-state index contributed by atoms with van der Waals surface area (Å²) in [5.74, 6) is -0.680. The summed E-state index contributed by atoms with van der Waals surface area (Å²) in [6, 6.07) is 3.06. The van der Waals surface area contributed by atoms with Crippen LogP contribution in [0.4, 0.5) is 34.1 Å². The molecule has 9 nitrogen and oxygen atoms in total. The predicted octanol–water partition coefficient (Wildman–Crippen LogP) is 3.97. The standard InChI is InChI=1S/C22H20F4N6O3/c1-11(30-20-27-6-5-18(31-20)32-17(12(2)33)10-35-21(32)34)19-28-8-14(9-29-19)13-3-4-16(23)15(7-13)22(24,25)26/h3-9,11-12,17,33H,10H2,1-2H3,(H,27,30,31)/t11-,12-,17-/m1/s1. The van der Waals surface area contributed by atoms with E-state index in [4.69, 9.17) is 4.74 Å². The third kappa shape index (κ3) is 5.14. The molecular weight excluding hydrogens is 472 g/mol. The number of alkyl halides is 3. The number of nitrogens with one attached hydrogen (secondary N) is 1. The van der Waals surface area contributed by atoms with Crippen molar-refractivity contribution < 1.29 is 32.2 Å². The van der Waals surface area contributed by atoms with Crippen molar-refractivity contribution >= 4 is 17.9 Å². The first kappa shape index (κ1) is 24.3. The molecule has 35 heavy (non-hydrogen) atoms. The molecule has 0 saturated carbocycles. The van der Waals surface area contributed by atoms with Gasteiger partial charge in [-0.05, 0) is 37.6 Å². The molecule has 0 aliphatic carbocycles. The number of halogens is 4. The Morgan fingerprint density at radius 2 is 1.86 bits per heavy atom. The van der Waals surface area contributed by atoms with Gasteiger partial charge in [0.1, 0.15) is 30.1 Å². The van der Waals surface area contributed by atoms with E-state index in [0.717, 1.165) is 6.07 Å². The number of hydrogen-bond acceptors (Lipinski definition) is 8. The van der Waals surface area contributed by atoms with Crippen molar-refractivity contribution in [3.8, 4) is 11.1 Å². The molecule has 3 aromatic rings. The number of nitrogens with zero attached hydrogens (tertiary/aromatic N) is 5. The fourth-order valence-corrected chi connectivity index (χ4v) is 3.50. The molecule has 1 fully saturated rings. The van der Waals surface area contributed by atoms with Gasteiger partial charge in [-0.25, -0.2) is 24.1 Å². The first-order valence-electron chi connectivity index (χ1n) is 10.5. The number of hydrogen-bond donors (Lipinski definition) is 2. The van der Waals surface area contributed by atoms with E-state index in [0.29, 0.717) is 11.9 Å². The molecule has 3 heterocycles. The Bertz CT molecular complexity index is 1220. The molecule has 1 aliphatic heterocycles. The van der Waals surface area contributed by atoms with E-state index in [9.17, 15) is 27.5 Å². The quantitative estimate of drug-likeness (QED) is 0.497. The minimum absolute atomic E-state index is 0.0262. The average Bonchev–Trinajstić information content (AvgIpc) is 3.20. The van der Waals surface area contributed by atoms with Gasteiger partial charge in [0, 0.05) is 24.2 Å². The fraction of sp³-hybridized carbons (Fsp3) is 0.318. The monoisotopic (exact) mass is 492 g/mol. The number of amides is 1. The molecule has 0 unspecified atom stereocenters. The molecule has 0 bridgehead atoms. The van der Waals surface area contributed by atoms with Crippen molar-refractivity contribution in [1.82, 2.24) is 19.9 Å². The van der Waals surface area contributed by atoms with Gasteiger partial charge in [0.2, 0.25) is 5.95 Å². The lowest BCUT2D eigenvalue weighted by Gasteiger charge is -2.23. The molecule has 4 rings (SSSR count). The highest BCUT2D eigenvalue weighted by molar-refractivity contribution is 5.89. The number of aromatic nitrogens is 4. The Morgan fingerprint density at radius 1 is 1.14 bits per heavy atom. The first-order chi connectivity index (χ1) is 16.5. The van der Waals surface area contributed by atoms with E-state index in [-0.39, 0.29) is 29.5 Å². The number of aliphatic hydroxyl groups excluding tert-OH is 1. The minimum atomic E-state index is -4.82. The van der Waals surface area contributed by atoms with Gasteiger partial charge in [-0.15, -0.1) is 0 Å². The lowest BCUT2D eigenvalue weighted by molar-refractivity contribution is -0.139. The molecule has 0 radical (unpaired) electrons. The van der Waals surface area contributed by atoms with Gasteiger partial charge >= 0.3 is 12.3 Å². The van der Waals surface area contributed by atoms with E-state index in [2.05, 4.69) is 25.3 Å². The van der Waals surface area contributed by atoms with E-state index in [1.807, 2.05) is 0 Å². The van der Waals surface area contributed by atoms with Crippen LogP contribution in [-0.4, -0.2) is 49.9 Å². The maximum Gasteiger partial charge on any atom is 0.419 e. The van der Waals surface area contributed by atoms with Crippen LogP contribution >= 0.6 is 0 Å². The zero-order valence-electron chi connectivity index (χ0n) is 18.5. The topological polar surface area (TPSA) is 113 Å². The number of carbonyl (C=O) groups is 1. The summed E-state index contributed by atoms with van der Waals surface area (Å²) in [7, 11) is 0. The van der Waals surface area contributed by atoms with E-state index < -0.39 is 41.8 Å². The largest absolute Gasteiger partial charge is 0.447 e. The Balaban J connectivity index is 1.50. The normalized spacial score (nSPS) is 17.7. The number of anilines is 2. The van der Waals surface area contributed by atoms with Crippen LogP contribution < -0.4 is 10.2 Å². The van der Waals surface area contributed by atoms with E-state index >= 15 is 0 Å². The van der Waals surface area contributed by atoms with Crippen molar-refractivity contribution in [3.05, 3.63) is 60.1 Å². The molecular formula is C22H20F4N6O3. The smallest absolute Gasteiger partial charge is 0.419 e. The average molecular weight is 492 g/mol. The number of cyclic esters (lactones) is 1.